The van der Waals surface area contributed by atoms with Crippen LogP contribution < -0.4 is 10.2 Å². The molecule has 2 heterocycles. The summed E-state index contributed by atoms with van der Waals surface area (Å²) >= 11 is 0. The van der Waals surface area contributed by atoms with E-state index in [0.29, 0.717) is 6.10 Å². The van der Waals surface area contributed by atoms with Crippen LogP contribution >= 0.6 is 0 Å². The van der Waals surface area contributed by atoms with Crippen LogP contribution in [0, 0.1) is 6.92 Å². The van der Waals surface area contributed by atoms with Gasteiger partial charge in [0, 0.05) is 38.5 Å². The highest BCUT2D eigenvalue weighted by Crippen LogP contribution is 2.23. The summed E-state index contributed by atoms with van der Waals surface area (Å²) in [5.74, 6) is 1.11. The van der Waals surface area contributed by atoms with Gasteiger partial charge in [-0.1, -0.05) is 0 Å². The highest BCUT2D eigenvalue weighted by atomic mass is 16.5. The Balaban J connectivity index is 2.05. The smallest absolute Gasteiger partial charge is 0.131 e. The van der Waals surface area contributed by atoms with E-state index in [-0.39, 0.29) is 5.54 Å². The van der Waals surface area contributed by atoms with Crippen molar-refractivity contribution in [3.8, 4) is 0 Å². The number of nitrogens with zero attached hydrogens (tertiary/aromatic N) is 2. The normalized spacial score (nSPS) is 19.9. The molecule has 0 amide bonds. The first-order valence-corrected chi connectivity index (χ1v) is 7.87. The number of pyridine rings is 1. The number of methoxy groups -OCH3 is 1. The molecule has 0 radical (unpaired) electrons. The van der Waals surface area contributed by atoms with Crippen molar-refractivity contribution in [3.63, 3.8) is 0 Å². The lowest BCUT2D eigenvalue weighted by Crippen LogP contribution is -2.40. The van der Waals surface area contributed by atoms with Crippen molar-refractivity contribution in [2.45, 2.75) is 58.7 Å². The second kappa shape index (κ2) is 6.75. The third-order valence-electron chi connectivity index (χ3n) is 3.94. The molecule has 0 aromatic carbocycles. The highest BCUT2D eigenvalue weighted by Gasteiger charge is 2.21. The summed E-state index contributed by atoms with van der Waals surface area (Å²) in [6, 6.07) is 2.25. The molecule has 4 heteroatoms. The average Bonchev–Trinajstić information content (AvgIpc) is 2.44. The van der Waals surface area contributed by atoms with Gasteiger partial charge in [-0.05, 0) is 57.7 Å². The van der Waals surface area contributed by atoms with Gasteiger partial charge < -0.3 is 15.0 Å². The molecular formula is C17H29N3O. The van der Waals surface area contributed by atoms with Crippen LogP contribution in [0.2, 0.25) is 0 Å². The minimum Gasteiger partial charge on any atom is -0.380 e. The Kier molecular flexibility index (Phi) is 5.22. The van der Waals surface area contributed by atoms with Crippen LogP contribution in [0.25, 0.3) is 0 Å². The van der Waals surface area contributed by atoms with Gasteiger partial charge in [0.25, 0.3) is 0 Å². The summed E-state index contributed by atoms with van der Waals surface area (Å²) in [6.45, 7) is 11.6. The molecule has 1 aliphatic rings. The van der Waals surface area contributed by atoms with Gasteiger partial charge >= 0.3 is 0 Å². The summed E-state index contributed by atoms with van der Waals surface area (Å²) in [6.07, 6.45) is 4.66. The van der Waals surface area contributed by atoms with Crippen molar-refractivity contribution < 1.29 is 4.74 Å². The molecule has 1 aromatic rings. The monoisotopic (exact) mass is 291 g/mol. The predicted octanol–water partition coefficient (Wildman–Crippen LogP) is 2.89. The van der Waals surface area contributed by atoms with E-state index in [0.717, 1.165) is 31.9 Å². The quantitative estimate of drug-likeness (QED) is 0.925. The largest absolute Gasteiger partial charge is 0.380 e. The number of rotatable bonds is 4. The number of piperidine rings is 1. The zero-order valence-electron chi connectivity index (χ0n) is 14.1. The van der Waals surface area contributed by atoms with Gasteiger partial charge in [0.1, 0.15) is 5.82 Å². The van der Waals surface area contributed by atoms with Crippen molar-refractivity contribution in [3.05, 3.63) is 23.4 Å². The third kappa shape index (κ3) is 4.68. The van der Waals surface area contributed by atoms with E-state index in [1.165, 1.54) is 17.5 Å². The van der Waals surface area contributed by atoms with Crippen molar-refractivity contribution in [2.75, 3.05) is 25.1 Å². The second-order valence-electron chi connectivity index (χ2n) is 7.03. The van der Waals surface area contributed by atoms with Crippen LogP contribution in [0.4, 0.5) is 5.82 Å². The van der Waals surface area contributed by atoms with E-state index in [1.54, 1.807) is 7.11 Å². The molecule has 4 nitrogen and oxygen atoms in total. The van der Waals surface area contributed by atoms with Crippen molar-refractivity contribution in [2.24, 2.45) is 0 Å². The maximum Gasteiger partial charge on any atom is 0.131 e. The SMILES string of the molecule is COC1CCCN(c2ncc(CNC(C)(C)C)cc2C)C1. The van der Waals surface area contributed by atoms with E-state index < -0.39 is 0 Å². The van der Waals surface area contributed by atoms with Gasteiger partial charge in [0.15, 0.2) is 0 Å². The first-order chi connectivity index (χ1) is 9.89. The molecule has 0 aliphatic carbocycles. The summed E-state index contributed by atoms with van der Waals surface area (Å²) in [7, 11) is 1.80. The third-order valence-corrected chi connectivity index (χ3v) is 3.94. The Morgan fingerprint density at radius 2 is 2.19 bits per heavy atom. The minimum absolute atomic E-state index is 0.130. The molecule has 1 aromatic heterocycles. The zero-order valence-corrected chi connectivity index (χ0v) is 14.1. The van der Waals surface area contributed by atoms with Crippen LogP contribution in [-0.4, -0.2) is 36.8 Å². The number of ether oxygens (including phenoxy) is 1. The zero-order chi connectivity index (χ0) is 15.5. The number of aryl methyl sites for hydroxylation is 1. The van der Waals surface area contributed by atoms with Gasteiger partial charge in [0.2, 0.25) is 0 Å². The standard InChI is InChI=1S/C17H29N3O/c1-13-9-14(11-19-17(2,3)4)10-18-16(13)20-8-6-7-15(12-20)21-5/h9-10,15,19H,6-8,11-12H2,1-5H3. The van der Waals surface area contributed by atoms with E-state index >= 15 is 0 Å². The Bertz CT molecular complexity index is 468. The second-order valence-corrected chi connectivity index (χ2v) is 7.03. The lowest BCUT2D eigenvalue weighted by Gasteiger charge is -2.33. The van der Waals surface area contributed by atoms with Crippen LogP contribution in [0.1, 0.15) is 44.7 Å². The Hall–Kier alpha value is -1.13. The predicted molar refractivity (Wildman–Crippen MR) is 87.8 cm³/mol. The van der Waals surface area contributed by atoms with E-state index in [9.17, 15) is 0 Å². The van der Waals surface area contributed by atoms with Crippen LogP contribution in [0.15, 0.2) is 12.3 Å². The molecule has 0 saturated carbocycles. The summed E-state index contributed by atoms with van der Waals surface area (Å²) in [5.41, 5.74) is 2.62. The first kappa shape index (κ1) is 16.2. The van der Waals surface area contributed by atoms with Crippen molar-refractivity contribution in [1.82, 2.24) is 10.3 Å². The van der Waals surface area contributed by atoms with Gasteiger partial charge in [-0.15, -0.1) is 0 Å². The molecule has 118 valence electrons. The Morgan fingerprint density at radius 1 is 1.43 bits per heavy atom. The highest BCUT2D eigenvalue weighted by molar-refractivity contribution is 5.47. The summed E-state index contributed by atoms with van der Waals surface area (Å²) < 4.78 is 5.50. The maximum absolute atomic E-state index is 5.50. The molecule has 0 spiro atoms. The van der Waals surface area contributed by atoms with Gasteiger partial charge in [0.05, 0.1) is 6.10 Å². The Labute approximate surface area is 128 Å². The van der Waals surface area contributed by atoms with Crippen LogP contribution in [-0.2, 0) is 11.3 Å². The molecule has 1 fully saturated rings. The number of anilines is 1. The molecule has 0 bridgehead atoms. The summed E-state index contributed by atoms with van der Waals surface area (Å²) in [5, 5.41) is 3.51. The average molecular weight is 291 g/mol. The Morgan fingerprint density at radius 3 is 2.81 bits per heavy atom. The molecule has 1 saturated heterocycles. The van der Waals surface area contributed by atoms with Gasteiger partial charge in [-0.25, -0.2) is 4.98 Å². The molecule has 1 N–H and O–H groups in total. The van der Waals surface area contributed by atoms with E-state index in [4.69, 9.17) is 9.72 Å². The fourth-order valence-electron chi connectivity index (χ4n) is 2.74. The molecule has 21 heavy (non-hydrogen) atoms. The van der Waals surface area contributed by atoms with E-state index in [2.05, 4.69) is 44.0 Å². The molecule has 2 rings (SSSR count). The van der Waals surface area contributed by atoms with Crippen LogP contribution in [0.5, 0.6) is 0 Å². The minimum atomic E-state index is 0.130. The molecule has 1 atom stereocenters. The fourth-order valence-corrected chi connectivity index (χ4v) is 2.74. The van der Waals surface area contributed by atoms with Crippen LogP contribution in [0.3, 0.4) is 0 Å². The lowest BCUT2D eigenvalue weighted by atomic mass is 10.1. The first-order valence-electron chi connectivity index (χ1n) is 7.87. The van der Waals surface area contributed by atoms with Crippen molar-refractivity contribution in [1.29, 1.82) is 0 Å². The number of nitrogens with one attached hydrogen (secondary N) is 1. The van der Waals surface area contributed by atoms with Gasteiger partial charge in [-0.2, -0.15) is 0 Å². The number of hydrogen-bond donors (Lipinski definition) is 1. The lowest BCUT2D eigenvalue weighted by molar-refractivity contribution is 0.0891. The molecule has 1 unspecified atom stereocenters. The van der Waals surface area contributed by atoms with Crippen molar-refractivity contribution >= 4 is 5.82 Å². The number of hydrogen-bond acceptors (Lipinski definition) is 4. The topological polar surface area (TPSA) is 37.4 Å². The van der Waals surface area contributed by atoms with Gasteiger partial charge in [-0.3, -0.25) is 0 Å². The molecular weight excluding hydrogens is 262 g/mol. The summed E-state index contributed by atoms with van der Waals surface area (Å²) in [4.78, 5) is 7.06. The fraction of sp³-hybridized carbons (Fsp3) is 0.706. The number of aromatic nitrogens is 1. The van der Waals surface area contributed by atoms with E-state index in [1.807, 2.05) is 6.20 Å². The molecule has 1 aliphatic heterocycles. The maximum atomic E-state index is 5.50.